The second-order valence-corrected chi connectivity index (χ2v) is 6.44. The molecule has 0 aliphatic heterocycles. The van der Waals surface area contributed by atoms with Crippen LogP contribution in [0.25, 0.3) is 10.9 Å². The van der Waals surface area contributed by atoms with E-state index in [4.69, 9.17) is 5.11 Å². The van der Waals surface area contributed by atoms with Crippen LogP contribution in [0.3, 0.4) is 0 Å². The number of aliphatic carboxylic acids is 1. The van der Waals surface area contributed by atoms with Crippen LogP contribution < -0.4 is 10.1 Å². The molecule has 3 rings (SSSR count). The number of rotatable bonds is 5. The van der Waals surface area contributed by atoms with Gasteiger partial charge in [-0.05, 0) is 37.8 Å². The molecule has 1 aliphatic carbocycles. The van der Waals surface area contributed by atoms with Crippen molar-refractivity contribution in [1.29, 1.82) is 0 Å². The Hall–Kier alpha value is -2.84. The molecule has 1 aliphatic rings. The Morgan fingerprint density at radius 1 is 1.19 bits per heavy atom. The topological polar surface area (TPSA) is 88.5 Å². The van der Waals surface area contributed by atoms with Crippen molar-refractivity contribution in [3.63, 3.8) is 0 Å². The Labute approximate surface area is 152 Å². The van der Waals surface area contributed by atoms with E-state index < -0.39 is 30.1 Å². The number of nitrogens with one attached hydrogen (secondary N) is 1. The SMILES string of the molecule is O=C(NC1CCC(C(=O)O)CC1)c1cnc2cc(OC(F)F)c(F)cc2c1. The molecule has 1 heterocycles. The number of nitrogens with zero attached hydrogens (tertiary/aromatic N) is 1. The summed E-state index contributed by atoms with van der Waals surface area (Å²) in [4.78, 5) is 27.4. The van der Waals surface area contributed by atoms with Gasteiger partial charge in [0.1, 0.15) is 0 Å². The predicted molar refractivity (Wildman–Crippen MR) is 89.2 cm³/mol. The number of fused-ring (bicyclic) bond motifs is 1. The van der Waals surface area contributed by atoms with Gasteiger partial charge in [0.05, 0.1) is 17.0 Å². The van der Waals surface area contributed by atoms with Gasteiger partial charge in [0.25, 0.3) is 5.91 Å². The molecule has 0 bridgehead atoms. The predicted octanol–water partition coefficient (Wildman–Crippen LogP) is 3.35. The second kappa shape index (κ2) is 7.81. The quantitative estimate of drug-likeness (QED) is 0.828. The molecule has 0 atom stereocenters. The first-order chi connectivity index (χ1) is 12.8. The van der Waals surface area contributed by atoms with E-state index >= 15 is 0 Å². The molecule has 9 heteroatoms. The summed E-state index contributed by atoms with van der Waals surface area (Å²) in [6.07, 6.45) is 3.38. The molecule has 1 amide bonds. The summed E-state index contributed by atoms with van der Waals surface area (Å²) in [5.74, 6) is -3.20. The molecule has 0 unspecified atom stereocenters. The molecule has 1 fully saturated rings. The highest BCUT2D eigenvalue weighted by atomic mass is 19.3. The highest BCUT2D eigenvalue weighted by molar-refractivity contribution is 5.97. The van der Waals surface area contributed by atoms with Gasteiger partial charge in [0.2, 0.25) is 0 Å². The minimum atomic E-state index is -3.15. The van der Waals surface area contributed by atoms with E-state index in [-0.39, 0.29) is 28.4 Å². The van der Waals surface area contributed by atoms with Crippen molar-refractivity contribution in [2.75, 3.05) is 0 Å². The fourth-order valence-electron chi connectivity index (χ4n) is 3.19. The standard InChI is InChI=1S/C18H17F3N2O4/c19-13-6-10-5-11(8-22-14(10)7-15(13)27-18(20)21)16(24)23-12-3-1-9(2-4-12)17(25)26/h5-9,12,18H,1-4H2,(H,23,24)(H,25,26). The molecule has 0 spiro atoms. The number of ether oxygens (including phenoxy) is 1. The van der Waals surface area contributed by atoms with Gasteiger partial charge in [-0.25, -0.2) is 4.39 Å². The third-order valence-corrected chi connectivity index (χ3v) is 4.62. The number of hydrogen-bond donors (Lipinski definition) is 2. The molecule has 1 aromatic heterocycles. The zero-order valence-corrected chi connectivity index (χ0v) is 14.1. The lowest BCUT2D eigenvalue weighted by atomic mass is 9.86. The normalized spacial score (nSPS) is 19.9. The number of pyridine rings is 1. The van der Waals surface area contributed by atoms with Crippen molar-refractivity contribution in [2.24, 2.45) is 5.92 Å². The molecule has 1 aromatic carbocycles. The van der Waals surface area contributed by atoms with Gasteiger partial charge in [-0.15, -0.1) is 0 Å². The van der Waals surface area contributed by atoms with Crippen molar-refractivity contribution in [3.05, 3.63) is 35.8 Å². The molecule has 6 nitrogen and oxygen atoms in total. The first-order valence-corrected chi connectivity index (χ1v) is 8.41. The van der Waals surface area contributed by atoms with Gasteiger partial charge >= 0.3 is 12.6 Å². The number of benzene rings is 1. The summed E-state index contributed by atoms with van der Waals surface area (Å²) in [5, 5.41) is 12.1. The Bertz CT molecular complexity index is 867. The maximum Gasteiger partial charge on any atom is 0.387 e. The molecular formula is C18H17F3N2O4. The Morgan fingerprint density at radius 2 is 1.89 bits per heavy atom. The molecule has 2 aromatic rings. The monoisotopic (exact) mass is 382 g/mol. The van der Waals surface area contributed by atoms with Crippen LogP contribution in [-0.4, -0.2) is 34.6 Å². The van der Waals surface area contributed by atoms with E-state index in [2.05, 4.69) is 15.0 Å². The van der Waals surface area contributed by atoms with Crippen molar-refractivity contribution in [3.8, 4) is 5.75 Å². The minimum absolute atomic E-state index is 0.137. The zero-order chi connectivity index (χ0) is 19.6. The van der Waals surface area contributed by atoms with E-state index in [1.165, 1.54) is 12.3 Å². The zero-order valence-electron chi connectivity index (χ0n) is 14.1. The summed E-state index contributed by atoms with van der Waals surface area (Å²) < 4.78 is 42.5. The van der Waals surface area contributed by atoms with Crippen molar-refractivity contribution < 1.29 is 32.6 Å². The Balaban J connectivity index is 1.71. The summed E-state index contributed by atoms with van der Waals surface area (Å²) in [6, 6.07) is 3.30. The number of carboxylic acids is 1. The van der Waals surface area contributed by atoms with E-state index in [1.54, 1.807) is 0 Å². The lowest BCUT2D eigenvalue weighted by Crippen LogP contribution is -2.38. The largest absolute Gasteiger partial charge is 0.481 e. The van der Waals surface area contributed by atoms with Gasteiger partial charge in [-0.2, -0.15) is 8.78 Å². The van der Waals surface area contributed by atoms with Crippen LogP contribution >= 0.6 is 0 Å². The third kappa shape index (κ3) is 4.47. The van der Waals surface area contributed by atoms with Gasteiger partial charge in [0.15, 0.2) is 11.6 Å². The lowest BCUT2D eigenvalue weighted by Gasteiger charge is -2.26. The van der Waals surface area contributed by atoms with E-state index in [0.29, 0.717) is 25.7 Å². The smallest absolute Gasteiger partial charge is 0.387 e. The van der Waals surface area contributed by atoms with Crippen molar-refractivity contribution in [2.45, 2.75) is 38.3 Å². The van der Waals surface area contributed by atoms with E-state index in [0.717, 1.165) is 12.1 Å². The lowest BCUT2D eigenvalue weighted by molar-refractivity contribution is -0.142. The number of aromatic nitrogens is 1. The summed E-state index contributed by atoms with van der Waals surface area (Å²) in [6.45, 7) is -3.15. The van der Waals surface area contributed by atoms with Crippen LogP contribution in [0, 0.1) is 11.7 Å². The number of halogens is 3. The summed E-state index contributed by atoms with van der Waals surface area (Å²) in [7, 11) is 0. The number of alkyl halides is 2. The molecule has 27 heavy (non-hydrogen) atoms. The number of carbonyl (C=O) groups is 2. The Morgan fingerprint density at radius 3 is 2.52 bits per heavy atom. The van der Waals surface area contributed by atoms with Gasteiger partial charge in [0, 0.05) is 23.7 Å². The molecule has 0 saturated heterocycles. The highest BCUT2D eigenvalue weighted by Crippen LogP contribution is 2.27. The number of hydrogen-bond acceptors (Lipinski definition) is 4. The first kappa shape index (κ1) is 18.9. The Kier molecular flexibility index (Phi) is 5.48. The number of amides is 1. The van der Waals surface area contributed by atoms with E-state index in [9.17, 15) is 22.8 Å². The van der Waals surface area contributed by atoms with Gasteiger partial charge < -0.3 is 15.2 Å². The number of carbonyl (C=O) groups excluding carboxylic acids is 1. The summed E-state index contributed by atoms with van der Waals surface area (Å²) in [5.41, 5.74) is 0.412. The van der Waals surface area contributed by atoms with Crippen LogP contribution in [0.15, 0.2) is 24.4 Å². The second-order valence-electron chi connectivity index (χ2n) is 6.44. The third-order valence-electron chi connectivity index (χ3n) is 4.62. The molecule has 1 saturated carbocycles. The minimum Gasteiger partial charge on any atom is -0.481 e. The van der Waals surface area contributed by atoms with Crippen LogP contribution in [-0.2, 0) is 4.79 Å². The van der Waals surface area contributed by atoms with Crippen molar-refractivity contribution >= 4 is 22.8 Å². The van der Waals surface area contributed by atoms with E-state index in [1.807, 2.05) is 0 Å². The van der Waals surface area contributed by atoms with Gasteiger partial charge in [-0.1, -0.05) is 0 Å². The van der Waals surface area contributed by atoms with Crippen LogP contribution in [0.4, 0.5) is 13.2 Å². The molecule has 0 radical (unpaired) electrons. The average Bonchev–Trinajstić information content (AvgIpc) is 2.62. The fraction of sp³-hybridized carbons (Fsp3) is 0.389. The van der Waals surface area contributed by atoms with Crippen LogP contribution in [0.5, 0.6) is 5.75 Å². The molecular weight excluding hydrogens is 365 g/mol. The highest BCUT2D eigenvalue weighted by Gasteiger charge is 2.27. The van der Waals surface area contributed by atoms with Crippen LogP contribution in [0.2, 0.25) is 0 Å². The fourth-order valence-corrected chi connectivity index (χ4v) is 3.19. The maximum absolute atomic E-state index is 13.9. The first-order valence-electron chi connectivity index (χ1n) is 8.41. The summed E-state index contributed by atoms with van der Waals surface area (Å²) >= 11 is 0. The van der Waals surface area contributed by atoms with Crippen molar-refractivity contribution in [1.82, 2.24) is 10.3 Å². The van der Waals surface area contributed by atoms with Crippen LogP contribution in [0.1, 0.15) is 36.0 Å². The molecule has 2 N–H and O–H groups in total. The maximum atomic E-state index is 13.9. The number of carboxylic acid groups (broad SMARTS) is 1. The molecule has 144 valence electrons. The average molecular weight is 382 g/mol. The van der Waals surface area contributed by atoms with Gasteiger partial charge in [-0.3, -0.25) is 14.6 Å².